The molecule has 0 N–H and O–H groups in total. The van der Waals surface area contributed by atoms with Gasteiger partial charge in [0.1, 0.15) is 0 Å². The second-order valence-corrected chi connectivity index (χ2v) is 6.48. The van der Waals surface area contributed by atoms with E-state index in [4.69, 9.17) is 0 Å². The number of nitrogens with zero attached hydrogens (tertiary/aromatic N) is 1. The molecule has 20 heavy (non-hydrogen) atoms. The molecule has 114 valence electrons. The molecule has 0 spiro atoms. The van der Waals surface area contributed by atoms with Gasteiger partial charge in [0.25, 0.3) is 6.43 Å². The van der Waals surface area contributed by atoms with E-state index in [1.165, 1.54) is 18.2 Å². The van der Waals surface area contributed by atoms with Gasteiger partial charge in [-0.05, 0) is 12.1 Å². The molecule has 0 heterocycles. The Kier molecular flexibility index (Phi) is 6.25. The van der Waals surface area contributed by atoms with Crippen LogP contribution in [-0.2, 0) is 9.84 Å². The van der Waals surface area contributed by atoms with Crippen LogP contribution in [0.4, 0.5) is 23.2 Å². The zero-order valence-electron chi connectivity index (χ0n) is 10.1. The summed E-state index contributed by atoms with van der Waals surface area (Å²) >= 11 is 3.06. The third-order valence-corrected chi connectivity index (χ3v) is 4.24. The molecule has 0 saturated heterocycles. The van der Waals surface area contributed by atoms with Crippen LogP contribution in [0, 0.1) is 0 Å². The number of rotatable bonds is 7. The van der Waals surface area contributed by atoms with Crippen molar-refractivity contribution in [3.05, 3.63) is 24.3 Å². The maximum atomic E-state index is 12.6. The van der Waals surface area contributed by atoms with Crippen LogP contribution < -0.4 is 4.90 Å². The molecule has 9 heteroatoms. The molecule has 0 aliphatic carbocycles. The van der Waals surface area contributed by atoms with E-state index in [9.17, 15) is 26.0 Å². The summed E-state index contributed by atoms with van der Waals surface area (Å²) in [7, 11) is -4.84. The summed E-state index contributed by atoms with van der Waals surface area (Å²) in [6.45, 7) is -0.665. The molecule has 1 rings (SSSR count). The van der Waals surface area contributed by atoms with E-state index in [-0.39, 0.29) is 12.2 Å². The zero-order valence-corrected chi connectivity index (χ0v) is 12.5. The normalized spacial score (nSPS) is 12.2. The Morgan fingerprint density at radius 1 is 1.15 bits per heavy atom. The summed E-state index contributed by atoms with van der Waals surface area (Å²) in [4.78, 5) is 0.422. The van der Waals surface area contributed by atoms with Crippen LogP contribution in [0.3, 0.4) is 0 Å². The third-order valence-electron chi connectivity index (χ3n) is 2.46. The summed E-state index contributed by atoms with van der Waals surface area (Å²) < 4.78 is 73.4. The molecule has 0 amide bonds. The Balaban J connectivity index is 3.29. The summed E-state index contributed by atoms with van der Waals surface area (Å²) in [5.74, 6) is -3.60. The van der Waals surface area contributed by atoms with Crippen molar-refractivity contribution in [2.45, 2.75) is 17.1 Å². The van der Waals surface area contributed by atoms with E-state index >= 15 is 0 Å². The SMILES string of the molecule is O=S(=O)(c1ccccc1N(CCBr)CC(F)F)C(F)F. The lowest BCUT2D eigenvalue weighted by Gasteiger charge is -2.25. The molecule has 0 atom stereocenters. The second kappa shape index (κ2) is 7.26. The first kappa shape index (κ1) is 17.2. The lowest BCUT2D eigenvalue weighted by molar-refractivity contribution is 0.155. The molecule has 0 bridgehead atoms. The predicted molar refractivity (Wildman–Crippen MR) is 71.6 cm³/mol. The molecule has 0 saturated carbocycles. The van der Waals surface area contributed by atoms with Gasteiger partial charge in [0.2, 0.25) is 9.84 Å². The average molecular weight is 378 g/mol. The van der Waals surface area contributed by atoms with Crippen LogP contribution >= 0.6 is 15.9 Å². The second-order valence-electron chi connectivity index (χ2n) is 3.80. The highest BCUT2D eigenvalue weighted by molar-refractivity contribution is 9.09. The van der Waals surface area contributed by atoms with Crippen molar-refractivity contribution in [1.29, 1.82) is 0 Å². The summed E-state index contributed by atoms with van der Waals surface area (Å²) in [5, 5.41) is 0.294. The molecule has 3 nitrogen and oxygen atoms in total. The van der Waals surface area contributed by atoms with Crippen molar-refractivity contribution < 1.29 is 26.0 Å². The quantitative estimate of drug-likeness (QED) is 0.541. The standard InChI is InChI=1S/C11H12BrF4NO2S/c12-5-6-17(7-10(13)14)8-3-1-2-4-9(8)20(18,19)11(15)16/h1-4,10-11H,5-7H2. The smallest absolute Gasteiger partial charge is 0.341 e. The van der Waals surface area contributed by atoms with E-state index < -0.39 is 33.5 Å². The molecule has 1 aromatic rings. The lowest BCUT2D eigenvalue weighted by atomic mass is 10.3. The van der Waals surface area contributed by atoms with Gasteiger partial charge in [0.05, 0.1) is 17.1 Å². The molecular formula is C11H12BrF4NO2S. The van der Waals surface area contributed by atoms with Crippen molar-refractivity contribution in [3.8, 4) is 0 Å². The number of hydrogen-bond donors (Lipinski definition) is 0. The monoisotopic (exact) mass is 377 g/mol. The molecule has 0 fully saturated rings. The third kappa shape index (κ3) is 4.08. The lowest BCUT2D eigenvalue weighted by Crippen LogP contribution is -2.32. The van der Waals surface area contributed by atoms with Crippen molar-refractivity contribution in [2.24, 2.45) is 0 Å². The van der Waals surface area contributed by atoms with Crippen molar-refractivity contribution in [1.82, 2.24) is 0 Å². The van der Waals surface area contributed by atoms with Gasteiger partial charge < -0.3 is 4.90 Å². The summed E-state index contributed by atoms with van der Waals surface area (Å²) in [5.41, 5.74) is -0.146. The minimum absolute atomic E-state index is 0.0696. The first-order valence-electron chi connectivity index (χ1n) is 5.50. The first-order chi connectivity index (χ1) is 9.30. The van der Waals surface area contributed by atoms with Crippen molar-refractivity contribution in [2.75, 3.05) is 23.3 Å². The molecular weight excluding hydrogens is 366 g/mol. The topological polar surface area (TPSA) is 37.4 Å². The van der Waals surface area contributed by atoms with Gasteiger partial charge in [0.15, 0.2) is 0 Å². The van der Waals surface area contributed by atoms with Crippen LogP contribution in [0.25, 0.3) is 0 Å². The number of alkyl halides is 5. The Morgan fingerprint density at radius 2 is 1.75 bits per heavy atom. The number of para-hydroxylation sites is 1. The number of anilines is 1. The molecule has 0 aliphatic rings. The van der Waals surface area contributed by atoms with Gasteiger partial charge >= 0.3 is 5.76 Å². The van der Waals surface area contributed by atoms with E-state index in [2.05, 4.69) is 15.9 Å². The highest BCUT2D eigenvalue weighted by Gasteiger charge is 2.30. The van der Waals surface area contributed by atoms with E-state index in [1.54, 1.807) is 0 Å². The minimum Gasteiger partial charge on any atom is -0.364 e. The zero-order chi connectivity index (χ0) is 15.3. The summed E-state index contributed by atoms with van der Waals surface area (Å²) in [6, 6.07) is 4.91. The van der Waals surface area contributed by atoms with Gasteiger partial charge in [-0.25, -0.2) is 17.2 Å². The van der Waals surface area contributed by atoms with Crippen LogP contribution in [0.1, 0.15) is 0 Å². The molecule has 0 aliphatic heterocycles. The van der Waals surface area contributed by atoms with Crippen molar-refractivity contribution in [3.63, 3.8) is 0 Å². The molecule has 0 radical (unpaired) electrons. The van der Waals surface area contributed by atoms with E-state index in [1.807, 2.05) is 0 Å². The molecule has 1 aromatic carbocycles. The fourth-order valence-corrected chi connectivity index (χ4v) is 3.01. The Morgan fingerprint density at radius 3 is 2.25 bits per heavy atom. The fourth-order valence-electron chi connectivity index (χ4n) is 1.63. The number of sulfone groups is 1. The van der Waals surface area contributed by atoms with Gasteiger partial charge in [-0.3, -0.25) is 0 Å². The highest BCUT2D eigenvalue weighted by atomic mass is 79.9. The van der Waals surface area contributed by atoms with Crippen LogP contribution in [-0.4, -0.2) is 39.0 Å². The largest absolute Gasteiger partial charge is 0.364 e. The minimum atomic E-state index is -4.84. The van der Waals surface area contributed by atoms with E-state index in [0.717, 1.165) is 11.0 Å². The molecule has 0 unspecified atom stereocenters. The highest BCUT2D eigenvalue weighted by Crippen LogP contribution is 2.29. The number of hydrogen-bond acceptors (Lipinski definition) is 3. The van der Waals surface area contributed by atoms with Crippen LogP contribution in [0.5, 0.6) is 0 Å². The Labute approximate surface area is 122 Å². The van der Waals surface area contributed by atoms with Gasteiger partial charge in [-0.2, -0.15) is 8.78 Å². The van der Waals surface area contributed by atoms with Crippen LogP contribution in [0.15, 0.2) is 29.2 Å². The Hall–Kier alpha value is -0.830. The van der Waals surface area contributed by atoms with Gasteiger partial charge in [-0.1, -0.05) is 28.1 Å². The summed E-state index contributed by atoms with van der Waals surface area (Å²) in [6.07, 6.45) is -2.71. The van der Waals surface area contributed by atoms with Crippen molar-refractivity contribution >= 4 is 31.5 Å². The maximum Gasteiger partial charge on any atom is 0.341 e. The molecule has 0 aromatic heterocycles. The van der Waals surface area contributed by atoms with Gasteiger partial charge in [-0.15, -0.1) is 0 Å². The van der Waals surface area contributed by atoms with Crippen LogP contribution in [0.2, 0.25) is 0 Å². The maximum absolute atomic E-state index is 12.6. The number of benzene rings is 1. The van der Waals surface area contributed by atoms with Gasteiger partial charge in [0, 0.05) is 11.9 Å². The predicted octanol–water partition coefficient (Wildman–Crippen LogP) is 3.15. The number of halogens is 5. The first-order valence-corrected chi connectivity index (χ1v) is 8.17. The Bertz CT molecular complexity index is 539. The average Bonchev–Trinajstić information content (AvgIpc) is 2.37. The van der Waals surface area contributed by atoms with E-state index in [0.29, 0.717) is 5.33 Å². The fraction of sp³-hybridized carbons (Fsp3) is 0.455.